The molecule has 1 aromatic carbocycles. The lowest BCUT2D eigenvalue weighted by molar-refractivity contribution is -0.136. The van der Waals surface area contributed by atoms with E-state index in [0.717, 1.165) is 37.1 Å². The molecule has 2 aliphatic rings. The fourth-order valence-electron chi connectivity index (χ4n) is 3.60. The molecule has 4 nitrogen and oxygen atoms in total. The summed E-state index contributed by atoms with van der Waals surface area (Å²) in [5.74, 6) is 0.147. The van der Waals surface area contributed by atoms with Gasteiger partial charge in [-0.3, -0.25) is 9.59 Å². The average Bonchev–Trinajstić information content (AvgIpc) is 3.25. The van der Waals surface area contributed by atoms with Crippen LogP contribution < -0.4 is 5.32 Å². The molecule has 0 aliphatic carbocycles. The fourth-order valence-corrected chi connectivity index (χ4v) is 3.94. The Morgan fingerprint density at radius 1 is 1.25 bits per heavy atom. The molecule has 2 aliphatic heterocycles. The van der Waals surface area contributed by atoms with E-state index in [1.54, 1.807) is 4.90 Å². The molecule has 2 fully saturated rings. The molecular weight excluding hydrogens is 320 g/mol. The number of carbonyl (C=O) groups excluding carboxylic acids is 2. The summed E-state index contributed by atoms with van der Waals surface area (Å²) in [6, 6.07) is 9.55. The summed E-state index contributed by atoms with van der Waals surface area (Å²) in [7, 11) is 0. The van der Waals surface area contributed by atoms with Gasteiger partial charge in [0.05, 0.1) is 6.04 Å². The van der Waals surface area contributed by atoms with Gasteiger partial charge in [-0.2, -0.15) is 0 Å². The highest BCUT2D eigenvalue weighted by molar-refractivity contribution is 7.80. The van der Waals surface area contributed by atoms with Crippen molar-refractivity contribution in [1.29, 1.82) is 0 Å². The standard InChI is InChI=1S/C19H24N2O2S/c22-17(10-4-8-14-6-2-1-3-7-14)21-13-11-16(24)18(21)19(23)15-9-5-12-20-15/h1-3,6-7,15,18,20H,4-5,8-13H2/t15-,18?/m0/s1. The second-order valence-corrected chi connectivity index (χ2v) is 7.12. The zero-order valence-electron chi connectivity index (χ0n) is 13.9. The van der Waals surface area contributed by atoms with Crippen LogP contribution in [0.15, 0.2) is 30.3 Å². The van der Waals surface area contributed by atoms with Gasteiger partial charge in [-0.15, -0.1) is 0 Å². The van der Waals surface area contributed by atoms with E-state index in [1.165, 1.54) is 5.56 Å². The molecule has 5 heteroatoms. The number of nitrogens with zero attached hydrogens (tertiary/aromatic N) is 1. The number of Topliss-reactive ketones (excluding diaryl/α,β-unsaturated/α-hetero) is 1. The van der Waals surface area contributed by atoms with Gasteiger partial charge in [0, 0.05) is 17.8 Å². The van der Waals surface area contributed by atoms with E-state index in [2.05, 4.69) is 17.4 Å². The first kappa shape index (κ1) is 17.2. The Bertz CT molecular complexity index is 611. The van der Waals surface area contributed by atoms with E-state index in [1.807, 2.05) is 18.2 Å². The minimum Gasteiger partial charge on any atom is -0.328 e. The monoisotopic (exact) mass is 344 g/mol. The maximum Gasteiger partial charge on any atom is 0.223 e. The molecule has 0 spiro atoms. The third-order valence-electron chi connectivity index (χ3n) is 4.91. The average molecular weight is 344 g/mol. The van der Waals surface area contributed by atoms with Crippen LogP contribution in [0.5, 0.6) is 0 Å². The van der Waals surface area contributed by atoms with Crippen LogP contribution in [0.4, 0.5) is 0 Å². The normalized spacial score (nSPS) is 23.7. The highest BCUT2D eigenvalue weighted by Crippen LogP contribution is 2.22. The third kappa shape index (κ3) is 3.90. The van der Waals surface area contributed by atoms with Crippen molar-refractivity contribution in [2.75, 3.05) is 13.1 Å². The lowest BCUT2D eigenvalue weighted by atomic mass is 10.0. The van der Waals surface area contributed by atoms with E-state index in [4.69, 9.17) is 12.2 Å². The molecule has 0 aromatic heterocycles. The van der Waals surface area contributed by atoms with Crippen LogP contribution >= 0.6 is 12.2 Å². The lowest BCUT2D eigenvalue weighted by Gasteiger charge is -2.26. The highest BCUT2D eigenvalue weighted by Gasteiger charge is 2.41. The summed E-state index contributed by atoms with van der Waals surface area (Å²) < 4.78 is 0. The summed E-state index contributed by atoms with van der Waals surface area (Å²) in [6.07, 6.45) is 4.69. The number of rotatable bonds is 6. The van der Waals surface area contributed by atoms with Crippen molar-refractivity contribution in [1.82, 2.24) is 10.2 Å². The SMILES string of the molecule is O=C(C1C(=S)CCN1C(=O)CCCc1ccccc1)[C@@H]1CCCN1. The van der Waals surface area contributed by atoms with Gasteiger partial charge in [0.15, 0.2) is 5.78 Å². The Hall–Kier alpha value is -1.59. The van der Waals surface area contributed by atoms with Crippen LogP contribution in [0.3, 0.4) is 0 Å². The third-order valence-corrected chi connectivity index (χ3v) is 5.34. The maximum atomic E-state index is 12.7. The fraction of sp³-hybridized carbons (Fsp3) is 0.526. The number of hydrogen-bond donors (Lipinski definition) is 1. The summed E-state index contributed by atoms with van der Waals surface area (Å²) in [4.78, 5) is 27.8. The summed E-state index contributed by atoms with van der Waals surface area (Å²) in [6.45, 7) is 1.47. The molecular formula is C19H24N2O2S. The number of thiocarbonyl (C=S) groups is 1. The minimum absolute atomic E-state index is 0.0575. The molecule has 1 N–H and O–H groups in total. The van der Waals surface area contributed by atoms with Gasteiger partial charge >= 0.3 is 0 Å². The molecule has 0 bridgehead atoms. The molecule has 128 valence electrons. The van der Waals surface area contributed by atoms with Crippen molar-refractivity contribution < 1.29 is 9.59 Å². The van der Waals surface area contributed by atoms with Crippen molar-refractivity contribution in [2.45, 2.75) is 50.6 Å². The van der Waals surface area contributed by atoms with Crippen LogP contribution in [-0.2, 0) is 16.0 Å². The number of hydrogen-bond acceptors (Lipinski definition) is 4. The minimum atomic E-state index is -0.486. The molecule has 2 heterocycles. The lowest BCUT2D eigenvalue weighted by Crippen LogP contribution is -2.49. The number of benzene rings is 1. The van der Waals surface area contributed by atoms with Gasteiger partial charge in [-0.25, -0.2) is 0 Å². The summed E-state index contributed by atoms with van der Waals surface area (Å²) in [5.41, 5.74) is 1.24. The van der Waals surface area contributed by atoms with Gasteiger partial charge in [0.1, 0.15) is 6.04 Å². The zero-order valence-corrected chi connectivity index (χ0v) is 14.7. The number of likely N-dealkylation sites (tertiary alicyclic amines) is 1. The number of nitrogens with one attached hydrogen (secondary N) is 1. The second kappa shape index (κ2) is 7.99. The Morgan fingerprint density at radius 2 is 2.04 bits per heavy atom. The van der Waals surface area contributed by atoms with E-state index in [0.29, 0.717) is 19.4 Å². The zero-order chi connectivity index (χ0) is 16.9. The van der Waals surface area contributed by atoms with E-state index >= 15 is 0 Å². The Labute approximate surface area is 148 Å². The molecule has 1 unspecified atom stereocenters. The van der Waals surface area contributed by atoms with Crippen molar-refractivity contribution in [3.63, 3.8) is 0 Å². The van der Waals surface area contributed by atoms with Crippen molar-refractivity contribution in [3.8, 4) is 0 Å². The van der Waals surface area contributed by atoms with Crippen molar-refractivity contribution in [2.24, 2.45) is 0 Å². The molecule has 1 amide bonds. The number of carbonyl (C=O) groups is 2. The van der Waals surface area contributed by atoms with Gasteiger partial charge in [-0.1, -0.05) is 42.5 Å². The summed E-state index contributed by atoms with van der Waals surface area (Å²) in [5, 5.41) is 3.23. The van der Waals surface area contributed by atoms with Crippen LogP contribution in [-0.4, -0.2) is 46.6 Å². The van der Waals surface area contributed by atoms with Gasteiger partial charge in [0.2, 0.25) is 5.91 Å². The van der Waals surface area contributed by atoms with E-state index in [9.17, 15) is 9.59 Å². The molecule has 2 saturated heterocycles. The van der Waals surface area contributed by atoms with Gasteiger partial charge in [0.25, 0.3) is 0 Å². The Kier molecular flexibility index (Phi) is 5.74. The molecule has 2 atom stereocenters. The van der Waals surface area contributed by atoms with Crippen LogP contribution in [0.2, 0.25) is 0 Å². The Morgan fingerprint density at radius 3 is 2.75 bits per heavy atom. The molecule has 3 rings (SSSR count). The predicted octanol–water partition coefficient (Wildman–Crippen LogP) is 2.30. The molecule has 0 radical (unpaired) electrons. The van der Waals surface area contributed by atoms with Crippen molar-refractivity contribution in [3.05, 3.63) is 35.9 Å². The first-order valence-corrected chi connectivity index (χ1v) is 9.21. The number of aryl methyl sites for hydroxylation is 1. The predicted molar refractivity (Wildman–Crippen MR) is 98.1 cm³/mol. The van der Waals surface area contributed by atoms with Gasteiger partial charge < -0.3 is 10.2 Å². The smallest absolute Gasteiger partial charge is 0.223 e. The molecule has 0 saturated carbocycles. The molecule has 24 heavy (non-hydrogen) atoms. The molecule has 1 aromatic rings. The Balaban J connectivity index is 1.56. The maximum absolute atomic E-state index is 12.7. The first-order valence-electron chi connectivity index (χ1n) is 8.80. The second-order valence-electron chi connectivity index (χ2n) is 6.60. The van der Waals surface area contributed by atoms with Crippen LogP contribution in [0.1, 0.15) is 37.7 Å². The highest BCUT2D eigenvalue weighted by atomic mass is 32.1. The van der Waals surface area contributed by atoms with E-state index < -0.39 is 6.04 Å². The topological polar surface area (TPSA) is 49.4 Å². The van der Waals surface area contributed by atoms with Gasteiger partial charge in [-0.05, 0) is 44.2 Å². The number of ketones is 1. The van der Waals surface area contributed by atoms with Crippen LogP contribution in [0.25, 0.3) is 0 Å². The van der Waals surface area contributed by atoms with Crippen LogP contribution in [0, 0.1) is 0 Å². The number of amides is 1. The van der Waals surface area contributed by atoms with E-state index in [-0.39, 0.29) is 17.7 Å². The largest absolute Gasteiger partial charge is 0.328 e. The quantitative estimate of drug-likeness (QED) is 0.805. The summed E-state index contributed by atoms with van der Waals surface area (Å²) >= 11 is 5.40. The van der Waals surface area contributed by atoms with Crippen molar-refractivity contribution >= 4 is 28.8 Å². The first-order chi connectivity index (χ1) is 11.7.